The Morgan fingerprint density at radius 3 is 2.94 bits per heavy atom. The molecule has 78 valence electrons. The van der Waals surface area contributed by atoms with Gasteiger partial charge in [0.05, 0.1) is 4.70 Å². The molecule has 3 aromatic rings. The van der Waals surface area contributed by atoms with Gasteiger partial charge in [-0.05, 0) is 30.3 Å². The van der Waals surface area contributed by atoms with E-state index >= 15 is 0 Å². The first-order chi connectivity index (χ1) is 7.75. The molecule has 0 aliphatic heterocycles. The first-order valence-electron chi connectivity index (χ1n) is 4.73. The van der Waals surface area contributed by atoms with E-state index in [1.165, 1.54) is 0 Å². The first-order valence-corrected chi connectivity index (χ1v) is 5.92. The zero-order chi connectivity index (χ0) is 11.1. The summed E-state index contributed by atoms with van der Waals surface area (Å²) >= 11 is 7.44. The molecule has 0 saturated carbocycles. The second-order valence-corrected chi connectivity index (χ2v) is 4.94. The van der Waals surface area contributed by atoms with Crippen LogP contribution in [0.2, 0.25) is 5.02 Å². The Kier molecular flexibility index (Phi) is 2.16. The summed E-state index contributed by atoms with van der Waals surface area (Å²) in [6.07, 6.45) is 1.63. The summed E-state index contributed by atoms with van der Waals surface area (Å²) in [5.41, 5.74) is 0.467. The quantitative estimate of drug-likeness (QED) is 0.570. The lowest BCUT2D eigenvalue weighted by Crippen LogP contribution is -2.02. The van der Waals surface area contributed by atoms with Gasteiger partial charge >= 0.3 is 0 Å². The van der Waals surface area contributed by atoms with Crippen LogP contribution in [0.25, 0.3) is 20.3 Å². The Labute approximate surface area is 100 Å². The normalized spacial score (nSPS) is 11.1. The fraction of sp³-hybridized carbons (Fsp3) is 0. The van der Waals surface area contributed by atoms with E-state index in [9.17, 15) is 4.79 Å². The van der Waals surface area contributed by atoms with Gasteiger partial charge in [-0.15, -0.1) is 11.3 Å². The smallest absolute Gasteiger partial charge is 0.214 e. The van der Waals surface area contributed by atoms with Crippen molar-refractivity contribution in [2.75, 3.05) is 0 Å². The van der Waals surface area contributed by atoms with Crippen LogP contribution in [0.4, 0.5) is 0 Å². The molecule has 0 unspecified atom stereocenters. The van der Waals surface area contributed by atoms with Gasteiger partial charge in [0, 0.05) is 21.3 Å². The van der Waals surface area contributed by atoms with Crippen LogP contribution in [0.5, 0.6) is 0 Å². The standard InChI is InChI=1S/C12H6ClNOS/c13-7-3-4-9-8(6-7)12(15)11-10(16-9)2-1-5-14-11/h1-6H. The number of benzene rings is 1. The molecule has 0 spiro atoms. The molecule has 2 heterocycles. The number of fused-ring (bicyclic) bond motifs is 2. The molecule has 0 aliphatic carbocycles. The average Bonchev–Trinajstić information content (AvgIpc) is 2.31. The summed E-state index contributed by atoms with van der Waals surface area (Å²) in [5, 5.41) is 1.22. The third-order valence-electron chi connectivity index (χ3n) is 2.39. The highest BCUT2D eigenvalue weighted by Gasteiger charge is 2.06. The van der Waals surface area contributed by atoms with Crippen LogP contribution in [0.3, 0.4) is 0 Å². The van der Waals surface area contributed by atoms with Crippen molar-refractivity contribution < 1.29 is 0 Å². The number of rotatable bonds is 0. The molecule has 0 saturated heterocycles. The zero-order valence-electron chi connectivity index (χ0n) is 8.11. The predicted octanol–water partition coefficient (Wildman–Crippen LogP) is 3.46. The van der Waals surface area contributed by atoms with Gasteiger partial charge in [0.1, 0.15) is 5.52 Å². The molecular formula is C12H6ClNOS. The minimum atomic E-state index is -0.0492. The molecule has 2 aromatic heterocycles. The Balaban J connectivity index is 2.61. The van der Waals surface area contributed by atoms with Gasteiger partial charge in [0.15, 0.2) is 0 Å². The van der Waals surface area contributed by atoms with E-state index in [0.29, 0.717) is 15.9 Å². The van der Waals surface area contributed by atoms with Crippen LogP contribution in [-0.4, -0.2) is 4.98 Å². The number of pyridine rings is 1. The lowest BCUT2D eigenvalue weighted by molar-refractivity contribution is 1.41. The second-order valence-electron chi connectivity index (χ2n) is 3.42. The molecule has 16 heavy (non-hydrogen) atoms. The summed E-state index contributed by atoms with van der Waals surface area (Å²) in [7, 11) is 0. The zero-order valence-corrected chi connectivity index (χ0v) is 9.68. The fourth-order valence-corrected chi connectivity index (χ4v) is 2.85. The third kappa shape index (κ3) is 1.40. The van der Waals surface area contributed by atoms with Gasteiger partial charge in [0.25, 0.3) is 0 Å². The summed E-state index contributed by atoms with van der Waals surface area (Å²) in [6.45, 7) is 0. The molecule has 0 N–H and O–H groups in total. The van der Waals surface area contributed by atoms with E-state index in [-0.39, 0.29) is 5.43 Å². The molecule has 0 radical (unpaired) electrons. The number of hydrogen-bond acceptors (Lipinski definition) is 3. The second kappa shape index (κ2) is 3.54. The van der Waals surface area contributed by atoms with E-state index in [1.807, 2.05) is 18.2 Å². The van der Waals surface area contributed by atoms with Gasteiger partial charge in [-0.25, -0.2) is 0 Å². The van der Waals surface area contributed by atoms with E-state index < -0.39 is 0 Å². The first kappa shape index (κ1) is 9.75. The number of hydrogen-bond donors (Lipinski definition) is 0. The van der Waals surface area contributed by atoms with Crippen LogP contribution < -0.4 is 5.43 Å². The molecule has 2 nitrogen and oxygen atoms in total. The Bertz CT molecular complexity index is 751. The highest BCUT2D eigenvalue weighted by molar-refractivity contribution is 7.24. The number of halogens is 1. The van der Waals surface area contributed by atoms with Gasteiger partial charge in [-0.1, -0.05) is 11.6 Å². The van der Waals surface area contributed by atoms with Crippen LogP contribution in [0.15, 0.2) is 41.3 Å². The van der Waals surface area contributed by atoms with Crippen molar-refractivity contribution >= 4 is 43.2 Å². The highest BCUT2D eigenvalue weighted by Crippen LogP contribution is 2.25. The fourth-order valence-electron chi connectivity index (χ4n) is 1.66. The molecule has 1 aromatic carbocycles. The van der Waals surface area contributed by atoms with Crippen molar-refractivity contribution in [1.29, 1.82) is 0 Å². The molecule has 3 rings (SSSR count). The van der Waals surface area contributed by atoms with Crippen molar-refractivity contribution in [3.63, 3.8) is 0 Å². The molecule has 0 bridgehead atoms. The molecular weight excluding hydrogens is 242 g/mol. The number of aromatic nitrogens is 1. The highest BCUT2D eigenvalue weighted by atomic mass is 35.5. The lowest BCUT2D eigenvalue weighted by atomic mass is 10.2. The maximum atomic E-state index is 12.1. The third-order valence-corrected chi connectivity index (χ3v) is 3.75. The van der Waals surface area contributed by atoms with E-state index in [0.717, 1.165) is 9.40 Å². The van der Waals surface area contributed by atoms with Crippen molar-refractivity contribution in [3.05, 3.63) is 51.8 Å². The van der Waals surface area contributed by atoms with E-state index in [1.54, 1.807) is 29.7 Å². The van der Waals surface area contributed by atoms with Crippen LogP contribution in [0, 0.1) is 0 Å². The van der Waals surface area contributed by atoms with Crippen LogP contribution in [-0.2, 0) is 0 Å². The van der Waals surface area contributed by atoms with Gasteiger partial charge < -0.3 is 0 Å². The monoisotopic (exact) mass is 247 g/mol. The Hall–Kier alpha value is -1.45. The van der Waals surface area contributed by atoms with E-state index in [2.05, 4.69) is 4.98 Å². The summed E-state index contributed by atoms with van der Waals surface area (Å²) in [4.78, 5) is 16.2. The van der Waals surface area contributed by atoms with Gasteiger partial charge in [-0.2, -0.15) is 0 Å². The molecule has 0 fully saturated rings. The molecule has 4 heteroatoms. The SMILES string of the molecule is O=c1c2cc(Cl)ccc2sc2cccnc12. The molecule has 0 amide bonds. The van der Waals surface area contributed by atoms with Crippen molar-refractivity contribution in [2.24, 2.45) is 0 Å². The van der Waals surface area contributed by atoms with Crippen molar-refractivity contribution in [2.45, 2.75) is 0 Å². The molecule has 0 atom stereocenters. The predicted molar refractivity (Wildman–Crippen MR) is 68.4 cm³/mol. The van der Waals surface area contributed by atoms with Crippen molar-refractivity contribution in [3.8, 4) is 0 Å². The summed E-state index contributed by atoms with van der Waals surface area (Å²) in [5.74, 6) is 0. The van der Waals surface area contributed by atoms with Crippen molar-refractivity contribution in [1.82, 2.24) is 4.98 Å². The van der Waals surface area contributed by atoms with Crippen LogP contribution in [0.1, 0.15) is 0 Å². The van der Waals surface area contributed by atoms with E-state index in [4.69, 9.17) is 11.6 Å². The summed E-state index contributed by atoms with van der Waals surface area (Å²) < 4.78 is 1.84. The Morgan fingerprint density at radius 2 is 2.06 bits per heavy atom. The summed E-state index contributed by atoms with van der Waals surface area (Å²) in [6, 6.07) is 9.10. The Morgan fingerprint density at radius 1 is 1.19 bits per heavy atom. The molecule has 0 aliphatic rings. The maximum absolute atomic E-state index is 12.1. The van der Waals surface area contributed by atoms with Crippen LogP contribution >= 0.6 is 22.9 Å². The minimum absolute atomic E-state index is 0.0492. The topological polar surface area (TPSA) is 30.0 Å². The minimum Gasteiger partial charge on any atom is -0.287 e. The average molecular weight is 248 g/mol. The number of nitrogens with zero attached hydrogens (tertiary/aromatic N) is 1. The van der Waals surface area contributed by atoms with Gasteiger partial charge in [0.2, 0.25) is 5.43 Å². The van der Waals surface area contributed by atoms with Gasteiger partial charge in [-0.3, -0.25) is 9.78 Å². The largest absolute Gasteiger partial charge is 0.287 e. The maximum Gasteiger partial charge on any atom is 0.214 e. The lowest BCUT2D eigenvalue weighted by Gasteiger charge is -1.99.